The summed E-state index contributed by atoms with van der Waals surface area (Å²) < 4.78 is 0. The number of thioether (sulfide) groups is 1. The summed E-state index contributed by atoms with van der Waals surface area (Å²) in [6, 6.07) is 8.06. The lowest BCUT2D eigenvalue weighted by atomic mass is 9.69. The van der Waals surface area contributed by atoms with Crippen LogP contribution in [-0.2, 0) is 4.79 Å². The second-order valence-electron chi connectivity index (χ2n) is 8.71. The Hall–Kier alpha value is -2.54. The van der Waals surface area contributed by atoms with Crippen LogP contribution in [0.5, 0.6) is 0 Å². The number of hydrogen-bond acceptors (Lipinski definition) is 6. The van der Waals surface area contributed by atoms with Gasteiger partial charge in [0.1, 0.15) is 5.82 Å². The molecule has 152 valence electrons. The lowest BCUT2D eigenvalue weighted by Crippen LogP contribution is -2.37. The largest absolute Gasteiger partial charge is 0.378 e. The summed E-state index contributed by atoms with van der Waals surface area (Å²) in [5.74, 6) is 0.252. The molecule has 1 atom stereocenters. The van der Waals surface area contributed by atoms with Crippen molar-refractivity contribution in [2.24, 2.45) is 5.41 Å². The van der Waals surface area contributed by atoms with E-state index in [0.717, 1.165) is 23.4 Å². The fourth-order valence-corrected chi connectivity index (χ4v) is 4.67. The normalized spacial score (nSPS) is 20.0. The highest BCUT2D eigenvalue weighted by Gasteiger charge is 2.42. The minimum atomic E-state index is -0.409. The zero-order valence-electron chi connectivity index (χ0n) is 17.4. The number of rotatable bonds is 3. The summed E-state index contributed by atoms with van der Waals surface area (Å²) in [4.78, 5) is 35.7. The number of ketones is 1. The molecule has 2 heterocycles. The molecule has 6 nitrogen and oxygen atoms in total. The Kier molecular flexibility index (Phi) is 4.81. The van der Waals surface area contributed by atoms with Gasteiger partial charge in [0, 0.05) is 43.4 Å². The molecule has 0 unspecified atom stereocenters. The molecular formula is C22H26N4O2S. The number of nitrogens with zero attached hydrogens (tertiary/aromatic N) is 2. The standard InChI is InChI=1S/C22H26N4O2S/c1-22(2)10-14-17(15(27)11-22)16(12-6-8-13(9-7-12)26(3)4)18-19(23-14)24-21(29-5)25-20(18)28/h6-9,16H,10-11H2,1-5H3,(H2,23,24,25,28)/t16-/m1/s1. The number of benzene rings is 1. The maximum Gasteiger partial charge on any atom is 0.257 e. The number of Topliss-reactive ketones (excluding diaryl/α,β-unsaturated/α-hetero) is 1. The zero-order valence-corrected chi connectivity index (χ0v) is 18.2. The number of allylic oxidation sites excluding steroid dienone is 2. The van der Waals surface area contributed by atoms with Gasteiger partial charge in [0.15, 0.2) is 10.9 Å². The summed E-state index contributed by atoms with van der Waals surface area (Å²) >= 11 is 1.39. The predicted molar refractivity (Wildman–Crippen MR) is 118 cm³/mol. The average Bonchev–Trinajstić information content (AvgIpc) is 2.65. The van der Waals surface area contributed by atoms with Crippen LogP contribution in [0.1, 0.15) is 43.7 Å². The smallest absolute Gasteiger partial charge is 0.257 e. The van der Waals surface area contributed by atoms with Gasteiger partial charge >= 0.3 is 0 Å². The van der Waals surface area contributed by atoms with E-state index in [9.17, 15) is 9.59 Å². The SMILES string of the molecule is CSc1nc2c(c(=O)[nH]1)[C@H](c1ccc(N(C)C)cc1)C1=C(CC(C)(C)CC1=O)N2. The van der Waals surface area contributed by atoms with Gasteiger partial charge < -0.3 is 15.2 Å². The van der Waals surface area contributed by atoms with Crippen LogP contribution >= 0.6 is 11.8 Å². The Balaban J connectivity index is 1.94. The molecule has 0 saturated carbocycles. The Labute approximate surface area is 174 Å². The Morgan fingerprint density at radius 1 is 1.14 bits per heavy atom. The summed E-state index contributed by atoms with van der Waals surface area (Å²) in [7, 11) is 3.97. The highest BCUT2D eigenvalue weighted by molar-refractivity contribution is 7.98. The molecule has 0 bridgehead atoms. The Bertz CT molecular complexity index is 1070. The molecule has 0 amide bonds. The van der Waals surface area contributed by atoms with Crippen molar-refractivity contribution in [3.63, 3.8) is 0 Å². The number of H-pyrrole nitrogens is 1. The maximum atomic E-state index is 13.2. The van der Waals surface area contributed by atoms with Gasteiger partial charge in [-0.15, -0.1) is 0 Å². The molecule has 1 aliphatic carbocycles. The van der Waals surface area contributed by atoms with Gasteiger partial charge in [-0.2, -0.15) is 0 Å². The number of carbonyl (C=O) groups excluding carboxylic acids is 1. The molecule has 7 heteroatoms. The average molecular weight is 411 g/mol. The van der Waals surface area contributed by atoms with Crippen molar-refractivity contribution < 1.29 is 4.79 Å². The molecular weight excluding hydrogens is 384 g/mol. The number of hydrogen-bond donors (Lipinski definition) is 2. The second kappa shape index (κ2) is 7.06. The monoisotopic (exact) mass is 410 g/mol. The van der Waals surface area contributed by atoms with E-state index in [1.165, 1.54) is 11.8 Å². The summed E-state index contributed by atoms with van der Waals surface area (Å²) in [6.07, 6.45) is 3.11. The van der Waals surface area contributed by atoms with Crippen molar-refractivity contribution in [1.82, 2.24) is 9.97 Å². The highest BCUT2D eigenvalue weighted by Crippen LogP contribution is 2.47. The van der Waals surface area contributed by atoms with E-state index in [1.807, 2.05) is 49.5 Å². The van der Waals surface area contributed by atoms with Crippen molar-refractivity contribution in [3.05, 3.63) is 57.0 Å². The molecule has 2 aromatic rings. The fraction of sp³-hybridized carbons (Fsp3) is 0.409. The van der Waals surface area contributed by atoms with Gasteiger partial charge in [0.25, 0.3) is 5.56 Å². The van der Waals surface area contributed by atoms with E-state index >= 15 is 0 Å². The number of nitrogens with one attached hydrogen (secondary N) is 2. The molecule has 4 rings (SSSR count). The van der Waals surface area contributed by atoms with E-state index in [4.69, 9.17) is 0 Å². The number of carbonyl (C=O) groups is 1. The van der Waals surface area contributed by atoms with Crippen LogP contribution in [0, 0.1) is 5.41 Å². The number of aromatic nitrogens is 2. The number of aromatic amines is 1. The first-order valence-corrected chi connectivity index (χ1v) is 10.9. The minimum absolute atomic E-state index is 0.101. The molecule has 2 aliphatic rings. The van der Waals surface area contributed by atoms with Crippen LogP contribution in [0.15, 0.2) is 45.5 Å². The van der Waals surface area contributed by atoms with E-state index < -0.39 is 5.92 Å². The number of anilines is 2. The first kappa shape index (κ1) is 19.8. The third-order valence-electron chi connectivity index (χ3n) is 5.64. The lowest BCUT2D eigenvalue weighted by molar-refractivity contribution is -0.118. The minimum Gasteiger partial charge on any atom is -0.378 e. The molecule has 0 saturated heterocycles. The number of fused-ring (bicyclic) bond motifs is 1. The Morgan fingerprint density at radius 3 is 2.45 bits per heavy atom. The zero-order chi connectivity index (χ0) is 20.9. The maximum absolute atomic E-state index is 13.2. The molecule has 1 aliphatic heterocycles. The first-order valence-electron chi connectivity index (χ1n) is 9.69. The summed E-state index contributed by atoms with van der Waals surface area (Å²) in [5, 5.41) is 3.90. The van der Waals surface area contributed by atoms with Crippen molar-refractivity contribution in [3.8, 4) is 0 Å². The van der Waals surface area contributed by atoms with E-state index in [0.29, 0.717) is 28.5 Å². The molecule has 29 heavy (non-hydrogen) atoms. The molecule has 0 fully saturated rings. The third kappa shape index (κ3) is 3.48. The van der Waals surface area contributed by atoms with Gasteiger partial charge in [-0.05, 0) is 35.8 Å². The molecule has 2 N–H and O–H groups in total. The van der Waals surface area contributed by atoms with E-state index in [2.05, 4.69) is 29.1 Å². The van der Waals surface area contributed by atoms with Crippen molar-refractivity contribution >= 4 is 29.1 Å². The van der Waals surface area contributed by atoms with Gasteiger partial charge in [-0.25, -0.2) is 4.98 Å². The second-order valence-corrected chi connectivity index (χ2v) is 9.51. The van der Waals surface area contributed by atoms with Gasteiger partial charge in [0.2, 0.25) is 0 Å². The van der Waals surface area contributed by atoms with Crippen molar-refractivity contribution in [2.45, 2.75) is 37.8 Å². The molecule has 1 aromatic heterocycles. The van der Waals surface area contributed by atoms with Crippen LogP contribution in [0.3, 0.4) is 0 Å². The van der Waals surface area contributed by atoms with Gasteiger partial charge in [0.05, 0.1) is 5.56 Å². The van der Waals surface area contributed by atoms with Crippen LogP contribution in [-0.4, -0.2) is 36.1 Å². The van der Waals surface area contributed by atoms with Crippen molar-refractivity contribution in [2.75, 3.05) is 30.6 Å². The molecule has 0 radical (unpaired) electrons. The quantitative estimate of drug-likeness (QED) is 0.593. The molecule has 1 aromatic carbocycles. The van der Waals surface area contributed by atoms with Crippen LogP contribution in [0.25, 0.3) is 0 Å². The van der Waals surface area contributed by atoms with Crippen molar-refractivity contribution in [1.29, 1.82) is 0 Å². The summed E-state index contributed by atoms with van der Waals surface area (Å²) in [6.45, 7) is 4.20. The Morgan fingerprint density at radius 2 is 1.83 bits per heavy atom. The lowest BCUT2D eigenvalue weighted by Gasteiger charge is -2.38. The van der Waals surface area contributed by atoms with Gasteiger partial charge in [-0.1, -0.05) is 37.7 Å². The first-order chi connectivity index (χ1) is 13.7. The third-order valence-corrected chi connectivity index (χ3v) is 6.22. The summed E-state index contributed by atoms with van der Waals surface area (Å²) in [5.41, 5.74) is 3.80. The topological polar surface area (TPSA) is 78.1 Å². The van der Waals surface area contributed by atoms with E-state index in [1.54, 1.807) is 0 Å². The molecule has 0 spiro atoms. The van der Waals surface area contributed by atoms with E-state index in [-0.39, 0.29) is 16.8 Å². The van der Waals surface area contributed by atoms with Crippen LogP contribution < -0.4 is 15.8 Å². The predicted octanol–water partition coefficient (Wildman–Crippen LogP) is 3.76. The van der Waals surface area contributed by atoms with Crippen LogP contribution in [0.2, 0.25) is 0 Å². The van der Waals surface area contributed by atoms with Crippen LogP contribution in [0.4, 0.5) is 11.5 Å². The fourth-order valence-electron chi connectivity index (χ4n) is 4.29. The highest BCUT2D eigenvalue weighted by atomic mass is 32.2. The van der Waals surface area contributed by atoms with Gasteiger partial charge in [-0.3, -0.25) is 9.59 Å².